The van der Waals surface area contributed by atoms with E-state index in [4.69, 9.17) is 13.3 Å². The molecule has 0 bridgehead atoms. The Morgan fingerprint density at radius 3 is 1.94 bits per heavy atom. The third kappa shape index (κ3) is 6.04. The van der Waals surface area contributed by atoms with Gasteiger partial charge in [0.2, 0.25) is 0 Å². The Balaban J connectivity index is 4.38. The molecular weight excluding hydrogens is 224 g/mol. The van der Waals surface area contributed by atoms with Gasteiger partial charge in [-0.3, -0.25) is 0 Å². The van der Waals surface area contributed by atoms with Gasteiger partial charge in [-0.1, -0.05) is 20.4 Å². The van der Waals surface area contributed by atoms with Crippen molar-refractivity contribution in [2.24, 2.45) is 0 Å². The summed E-state index contributed by atoms with van der Waals surface area (Å²) in [5, 5.41) is 0. The monoisotopic (exact) mass is 246 g/mol. The van der Waals surface area contributed by atoms with Crippen LogP contribution in [-0.4, -0.2) is 28.0 Å². The molecule has 0 spiro atoms. The van der Waals surface area contributed by atoms with E-state index in [2.05, 4.69) is 6.58 Å². The van der Waals surface area contributed by atoms with E-state index in [9.17, 15) is 4.79 Å². The number of carbonyl (C=O) groups excluding carboxylic acids is 1. The molecule has 0 atom stereocenters. The van der Waals surface area contributed by atoms with Crippen molar-refractivity contribution in [3.05, 3.63) is 12.2 Å². The smallest absolute Gasteiger partial charge is 0.470 e. The standard InChI is InChI=1S/C11H22O4Si/c1-6-8-13-16(5,14-9-7-2)15-11(12)10(3)4/h3,6-9H2,1-2,4-5H3. The number of hydrogen-bond donors (Lipinski definition) is 0. The molecule has 0 N–H and O–H groups in total. The molecule has 0 unspecified atom stereocenters. The molecule has 0 fully saturated rings. The number of rotatable bonds is 8. The molecule has 0 rings (SSSR count). The predicted octanol–water partition coefficient (Wildman–Crippen LogP) is 2.53. The molecular formula is C11H22O4Si. The van der Waals surface area contributed by atoms with Crippen molar-refractivity contribution in [2.75, 3.05) is 13.2 Å². The van der Waals surface area contributed by atoms with Gasteiger partial charge in [0.25, 0.3) is 0 Å². The van der Waals surface area contributed by atoms with E-state index < -0.39 is 14.8 Å². The molecule has 0 aliphatic heterocycles. The highest BCUT2D eigenvalue weighted by atomic mass is 28.4. The molecule has 94 valence electrons. The lowest BCUT2D eigenvalue weighted by Gasteiger charge is -2.25. The minimum absolute atomic E-state index is 0.360. The average Bonchev–Trinajstić information content (AvgIpc) is 2.23. The van der Waals surface area contributed by atoms with Crippen molar-refractivity contribution in [3.8, 4) is 0 Å². The van der Waals surface area contributed by atoms with Crippen molar-refractivity contribution in [1.82, 2.24) is 0 Å². The van der Waals surface area contributed by atoms with Gasteiger partial charge >= 0.3 is 14.8 Å². The molecule has 0 aromatic rings. The van der Waals surface area contributed by atoms with E-state index in [1.165, 1.54) is 0 Å². The summed E-state index contributed by atoms with van der Waals surface area (Å²) in [6.45, 7) is 11.9. The van der Waals surface area contributed by atoms with Gasteiger partial charge in [-0.15, -0.1) is 0 Å². The first-order chi connectivity index (χ1) is 7.45. The molecule has 0 saturated carbocycles. The molecule has 0 aliphatic rings. The molecule has 0 radical (unpaired) electrons. The summed E-state index contributed by atoms with van der Waals surface area (Å²) in [4.78, 5) is 11.4. The zero-order valence-corrected chi connectivity index (χ0v) is 11.7. The van der Waals surface area contributed by atoms with Gasteiger partial charge in [-0.05, 0) is 19.8 Å². The van der Waals surface area contributed by atoms with Crippen LogP contribution in [0.4, 0.5) is 0 Å². The van der Waals surface area contributed by atoms with Crippen LogP contribution in [0, 0.1) is 0 Å². The molecule has 0 amide bonds. The summed E-state index contributed by atoms with van der Waals surface area (Å²) in [6, 6.07) is 0. The summed E-state index contributed by atoms with van der Waals surface area (Å²) in [6.07, 6.45) is 1.73. The van der Waals surface area contributed by atoms with Gasteiger partial charge in [0.05, 0.1) is 0 Å². The van der Waals surface area contributed by atoms with E-state index in [1.54, 1.807) is 13.5 Å². The Bertz CT molecular complexity index is 232. The van der Waals surface area contributed by atoms with Gasteiger partial charge in [-0.2, -0.15) is 0 Å². The second-order valence-electron chi connectivity index (χ2n) is 3.73. The van der Waals surface area contributed by atoms with Gasteiger partial charge < -0.3 is 13.3 Å². The highest BCUT2D eigenvalue weighted by Crippen LogP contribution is 2.12. The molecule has 0 aliphatic carbocycles. The fourth-order valence-electron chi connectivity index (χ4n) is 0.931. The third-order valence-electron chi connectivity index (χ3n) is 1.76. The Kier molecular flexibility index (Phi) is 7.28. The van der Waals surface area contributed by atoms with Crippen LogP contribution in [-0.2, 0) is 18.1 Å². The minimum Gasteiger partial charge on any atom is -0.470 e. The molecule has 5 heteroatoms. The lowest BCUT2D eigenvalue weighted by molar-refractivity contribution is -0.134. The van der Waals surface area contributed by atoms with Crippen LogP contribution in [0.5, 0.6) is 0 Å². The van der Waals surface area contributed by atoms with Crippen molar-refractivity contribution in [1.29, 1.82) is 0 Å². The van der Waals surface area contributed by atoms with E-state index in [0.717, 1.165) is 12.8 Å². The summed E-state index contributed by atoms with van der Waals surface area (Å²) in [5.41, 5.74) is 0.360. The van der Waals surface area contributed by atoms with E-state index >= 15 is 0 Å². The SMILES string of the molecule is C=C(C)C(=O)O[Si](C)(OCCC)OCCC. The highest BCUT2D eigenvalue weighted by molar-refractivity contribution is 6.61. The van der Waals surface area contributed by atoms with Crippen LogP contribution >= 0.6 is 0 Å². The molecule has 4 nitrogen and oxygen atoms in total. The van der Waals surface area contributed by atoms with E-state index in [-0.39, 0.29) is 0 Å². The maximum Gasteiger partial charge on any atom is 0.564 e. The minimum atomic E-state index is -2.83. The van der Waals surface area contributed by atoms with Crippen LogP contribution in [0.25, 0.3) is 0 Å². The number of hydrogen-bond acceptors (Lipinski definition) is 4. The summed E-state index contributed by atoms with van der Waals surface area (Å²) < 4.78 is 16.3. The first-order valence-electron chi connectivity index (χ1n) is 5.62. The number of carbonyl (C=O) groups is 1. The maximum atomic E-state index is 11.4. The van der Waals surface area contributed by atoms with Crippen molar-refractivity contribution >= 4 is 14.8 Å². The lowest BCUT2D eigenvalue weighted by Crippen LogP contribution is -2.45. The van der Waals surface area contributed by atoms with Gasteiger partial charge in [0, 0.05) is 25.3 Å². The Labute approximate surface area is 99.0 Å². The van der Waals surface area contributed by atoms with Crippen LogP contribution in [0.1, 0.15) is 33.6 Å². The second-order valence-corrected chi connectivity index (χ2v) is 6.24. The maximum absolute atomic E-state index is 11.4. The Morgan fingerprint density at radius 2 is 1.62 bits per heavy atom. The summed E-state index contributed by atoms with van der Waals surface area (Å²) in [5.74, 6) is -0.443. The molecule has 0 saturated heterocycles. The Morgan fingerprint density at radius 1 is 1.19 bits per heavy atom. The van der Waals surface area contributed by atoms with Gasteiger partial charge in [-0.25, -0.2) is 4.79 Å². The molecule has 0 aromatic carbocycles. The van der Waals surface area contributed by atoms with Crippen molar-refractivity contribution in [3.63, 3.8) is 0 Å². The first-order valence-corrected chi connectivity index (χ1v) is 7.84. The largest absolute Gasteiger partial charge is 0.564 e. The fourth-order valence-corrected chi connectivity index (χ4v) is 2.79. The van der Waals surface area contributed by atoms with Gasteiger partial charge in [0.1, 0.15) is 0 Å². The van der Waals surface area contributed by atoms with Crippen molar-refractivity contribution in [2.45, 2.75) is 40.2 Å². The summed E-state index contributed by atoms with van der Waals surface area (Å²) >= 11 is 0. The third-order valence-corrected chi connectivity index (χ3v) is 3.78. The van der Waals surface area contributed by atoms with Crippen LogP contribution < -0.4 is 0 Å². The van der Waals surface area contributed by atoms with E-state index in [0.29, 0.717) is 18.8 Å². The van der Waals surface area contributed by atoms with Crippen LogP contribution in [0.15, 0.2) is 12.2 Å². The Hall–Kier alpha value is -0.653. The summed E-state index contributed by atoms with van der Waals surface area (Å²) in [7, 11) is -2.83. The second kappa shape index (κ2) is 7.59. The zero-order valence-electron chi connectivity index (χ0n) is 10.7. The predicted molar refractivity (Wildman–Crippen MR) is 65.0 cm³/mol. The zero-order chi connectivity index (χ0) is 12.6. The lowest BCUT2D eigenvalue weighted by atomic mass is 10.4. The molecule has 0 aromatic heterocycles. The fraction of sp³-hybridized carbons (Fsp3) is 0.727. The normalized spacial score (nSPS) is 11.2. The highest BCUT2D eigenvalue weighted by Gasteiger charge is 2.39. The molecule has 16 heavy (non-hydrogen) atoms. The average molecular weight is 246 g/mol. The molecule has 0 heterocycles. The van der Waals surface area contributed by atoms with E-state index in [1.807, 2.05) is 13.8 Å². The first kappa shape index (κ1) is 15.3. The topological polar surface area (TPSA) is 44.8 Å². The van der Waals surface area contributed by atoms with Crippen LogP contribution in [0.2, 0.25) is 6.55 Å². The van der Waals surface area contributed by atoms with Crippen LogP contribution in [0.3, 0.4) is 0 Å². The van der Waals surface area contributed by atoms with Crippen molar-refractivity contribution < 1.29 is 18.1 Å². The van der Waals surface area contributed by atoms with Gasteiger partial charge in [0.15, 0.2) is 0 Å². The quantitative estimate of drug-likeness (QED) is 0.487.